The van der Waals surface area contributed by atoms with E-state index >= 15 is 4.39 Å². The zero-order valence-electron chi connectivity index (χ0n) is 20.8. The number of aromatic amines is 1. The zero-order valence-corrected chi connectivity index (χ0v) is 21.6. The van der Waals surface area contributed by atoms with Crippen molar-refractivity contribution in [1.82, 2.24) is 19.7 Å². The lowest BCUT2D eigenvalue weighted by molar-refractivity contribution is 0.101. The van der Waals surface area contributed by atoms with Gasteiger partial charge in [0.2, 0.25) is 10.0 Å². The van der Waals surface area contributed by atoms with Crippen LogP contribution in [-0.4, -0.2) is 39.8 Å². The van der Waals surface area contributed by atoms with E-state index in [1.165, 1.54) is 6.20 Å². The van der Waals surface area contributed by atoms with Crippen molar-refractivity contribution in [2.45, 2.75) is 19.9 Å². The van der Waals surface area contributed by atoms with Gasteiger partial charge in [0.1, 0.15) is 17.0 Å². The molecular formula is C27H24F2N6O3S. The fraction of sp³-hybridized carbons (Fsp3) is 0.148. The normalized spacial score (nSPS) is 11.6. The number of rotatable bonds is 9. The Hall–Kier alpha value is -4.58. The molecule has 0 spiro atoms. The maximum absolute atomic E-state index is 15.0. The summed E-state index contributed by atoms with van der Waals surface area (Å²) in [7, 11) is -3.85. The Morgan fingerprint density at radius 2 is 1.90 bits per heavy atom. The van der Waals surface area contributed by atoms with Gasteiger partial charge in [-0.1, -0.05) is 37.3 Å². The smallest absolute Gasteiger partial charge is 0.261 e. The number of carbonyl (C=O) groups excluding carboxylic acids is 1. The number of amides is 1. The van der Waals surface area contributed by atoms with Gasteiger partial charge in [0.25, 0.3) is 5.91 Å². The fourth-order valence-electron chi connectivity index (χ4n) is 4.19. The highest BCUT2D eigenvalue weighted by Gasteiger charge is 2.23. The Labute approximate surface area is 222 Å². The molecule has 3 aromatic heterocycles. The minimum atomic E-state index is -3.85. The number of H-pyrrole nitrogens is 1. The van der Waals surface area contributed by atoms with Crippen LogP contribution in [0.1, 0.15) is 29.3 Å². The average Bonchev–Trinajstić information content (AvgIpc) is 3.53. The molecule has 200 valence electrons. The number of aromatic nitrogens is 4. The molecule has 0 atom stereocenters. The lowest BCUT2D eigenvalue weighted by Crippen LogP contribution is -2.20. The van der Waals surface area contributed by atoms with Gasteiger partial charge in [0.05, 0.1) is 36.1 Å². The van der Waals surface area contributed by atoms with Gasteiger partial charge in [-0.25, -0.2) is 22.2 Å². The second kappa shape index (κ2) is 10.7. The molecule has 5 rings (SSSR count). The molecule has 3 heterocycles. The van der Waals surface area contributed by atoms with Crippen molar-refractivity contribution in [2.24, 2.45) is 0 Å². The van der Waals surface area contributed by atoms with E-state index in [9.17, 15) is 17.6 Å². The number of sulfonamides is 1. The summed E-state index contributed by atoms with van der Waals surface area (Å²) < 4.78 is 57.5. The summed E-state index contributed by atoms with van der Waals surface area (Å²) in [5.41, 5.74) is 2.00. The number of halogens is 2. The number of nitrogens with one attached hydrogen (secondary N) is 3. The first-order valence-electron chi connectivity index (χ1n) is 12.1. The van der Waals surface area contributed by atoms with E-state index < -0.39 is 38.8 Å². The molecule has 0 saturated heterocycles. The van der Waals surface area contributed by atoms with Gasteiger partial charge in [-0.15, -0.1) is 0 Å². The summed E-state index contributed by atoms with van der Waals surface area (Å²) >= 11 is 0. The molecule has 0 unspecified atom stereocenters. The Balaban J connectivity index is 1.40. The van der Waals surface area contributed by atoms with E-state index in [4.69, 9.17) is 0 Å². The summed E-state index contributed by atoms with van der Waals surface area (Å²) in [6.07, 6.45) is 7.01. The van der Waals surface area contributed by atoms with Gasteiger partial charge >= 0.3 is 0 Å². The van der Waals surface area contributed by atoms with E-state index in [0.29, 0.717) is 24.0 Å². The molecule has 12 heteroatoms. The van der Waals surface area contributed by atoms with Crippen LogP contribution in [0.15, 0.2) is 73.3 Å². The van der Waals surface area contributed by atoms with Gasteiger partial charge in [0, 0.05) is 28.9 Å². The minimum Gasteiger partial charge on any atom is -0.346 e. The number of fused-ring (bicyclic) bond motifs is 1. The molecule has 0 radical (unpaired) electrons. The highest BCUT2D eigenvalue weighted by atomic mass is 32.2. The number of anilines is 2. The molecule has 3 N–H and O–H groups in total. The van der Waals surface area contributed by atoms with Crippen LogP contribution in [0.3, 0.4) is 0 Å². The number of pyridine rings is 1. The van der Waals surface area contributed by atoms with Gasteiger partial charge in [-0.05, 0) is 30.2 Å². The maximum atomic E-state index is 15.0. The standard InChI is InChI=1S/C27H24F2N6O3S/c1-2-10-39(37,38)34-23-9-8-22(28)24(25(23)29)27(36)33-19-11-20-21(14-31-26(20)30-13-19)18-12-32-35(16-18)15-17-6-4-3-5-7-17/h3-9,11-14,16,34H,2,10,15H2,1H3,(H,30,31)(H,33,36). The van der Waals surface area contributed by atoms with Crippen LogP contribution >= 0.6 is 0 Å². The Morgan fingerprint density at radius 1 is 1.10 bits per heavy atom. The van der Waals surface area contributed by atoms with E-state index in [1.807, 2.05) is 36.5 Å². The van der Waals surface area contributed by atoms with Crippen LogP contribution in [0.5, 0.6) is 0 Å². The second-order valence-corrected chi connectivity index (χ2v) is 10.7. The van der Waals surface area contributed by atoms with Crippen LogP contribution in [0.4, 0.5) is 20.2 Å². The van der Waals surface area contributed by atoms with Crippen molar-refractivity contribution in [3.63, 3.8) is 0 Å². The van der Waals surface area contributed by atoms with Crippen molar-refractivity contribution in [3.8, 4) is 11.1 Å². The highest BCUT2D eigenvalue weighted by Crippen LogP contribution is 2.30. The van der Waals surface area contributed by atoms with E-state index in [0.717, 1.165) is 28.8 Å². The van der Waals surface area contributed by atoms with Crippen LogP contribution in [0, 0.1) is 11.6 Å². The molecule has 0 aliphatic rings. The first kappa shape index (κ1) is 26.0. The molecule has 0 aliphatic heterocycles. The summed E-state index contributed by atoms with van der Waals surface area (Å²) in [5.74, 6) is -3.78. The molecule has 1 amide bonds. The molecule has 0 aliphatic carbocycles. The van der Waals surface area contributed by atoms with Crippen LogP contribution < -0.4 is 10.0 Å². The first-order chi connectivity index (χ1) is 18.7. The quantitative estimate of drug-likeness (QED) is 0.234. The minimum absolute atomic E-state index is 0.195. The van der Waals surface area contributed by atoms with Gasteiger partial charge in [0.15, 0.2) is 5.82 Å². The molecule has 0 saturated carbocycles. The molecule has 2 aromatic carbocycles. The Kier molecular flexibility index (Phi) is 7.11. The van der Waals surface area contributed by atoms with Crippen molar-refractivity contribution >= 4 is 38.3 Å². The molecule has 5 aromatic rings. The lowest BCUT2D eigenvalue weighted by Gasteiger charge is -2.12. The van der Waals surface area contributed by atoms with Gasteiger partial charge < -0.3 is 10.3 Å². The van der Waals surface area contributed by atoms with Crippen molar-refractivity contribution < 1.29 is 22.0 Å². The summed E-state index contributed by atoms with van der Waals surface area (Å²) in [6.45, 7) is 2.24. The summed E-state index contributed by atoms with van der Waals surface area (Å²) in [6, 6.07) is 13.3. The highest BCUT2D eigenvalue weighted by molar-refractivity contribution is 7.92. The van der Waals surface area contributed by atoms with E-state index in [1.54, 1.807) is 30.1 Å². The Morgan fingerprint density at radius 3 is 2.67 bits per heavy atom. The fourth-order valence-corrected chi connectivity index (χ4v) is 5.32. The lowest BCUT2D eigenvalue weighted by atomic mass is 10.1. The summed E-state index contributed by atoms with van der Waals surface area (Å²) in [5, 5.41) is 7.55. The molecule has 39 heavy (non-hydrogen) atoms. The Bertz CT molecular complexity index is 1770. The average molecular weight is 551 g/mol. The number of carbonyl (C=O) groups is 1. The molecule has 0 bridgehead atoms. The number of nitrogens with zero attached hydrogens (tertiary/aromatic N) is 3. The van der Waals surface area contributed by atoms with Crippen molar-refractivity contribution in [3.05, 3.63) is 96.1 Å². The molecule has 9 nitrogen and oxygen atoms in total. The largest absolute Gasteiger partial charge is 0.346 e. The monoisotopic (exact) mass is 550 g/mol. The number of benzene rings is 2. The summed E-state index contributed by atoms with van der Waals surface area (Å²) in [4.78, 5) is 20.3. The second-order valence-electron chi connectivity index (χ2n) is 8.89. The van der Waals surface area contributed by atoms with Crippen LogP contribution in [-0.2, 0) is 16.6 Å². The van der Waals surface area contributed by atoms with Gasteiger partial charge in [-0.3, -0.25) is 14.2 Å². The zero-order chi connectivity index (χ0) is 27.6. The van der Waals surface area contributed by atoms with Crippen LogP contribution in [0.2, 0.25) is 0 Å². The van der Waals surface area contributed by atoms with E-state index in [2.05, 4.69) is 25.1 Å². The predicted molar refractivity (Wildman–Crippen MR) is 145 cm³/mol. The van der Waals surface area contributed by atoms with E-state index in [-0.39, 0.29) is 11.4 Å². The SMILES string of the molecule is CCCS(=O)(=O)Nc1ccc(F)c(C(=O)Nc2cnc3[nH]cc(-c4cnn(Cc5ccccc5)c4)c3c2)c1F. The van der Waals surface area contributed by atoms with Crippen molar-refractivity contribution in [2.75, 3.05) is 15.8 Å². The maximum Gasteiger partial charge on any atom is 0.261 e. The van der Waals surface area contributed by atoms with Crippen LogP contribution in [0.25, 0.3) is 22.2 Å². The third-order valence-corrected chi connectivity index (χ3v) is 7.45. The molecule has 0 fully saturated rings. The predicted octanol–water partition coefficient (Wildman–Crippen LogP) is 5.16. The third-order valence-electron chi connectivity index (χ3n) is 5.98. The van der Waals surface area contributed by atoms with Gasteiger partial charge in [-0.2, -0.15) is 5.10 Å². The number of hydrogen-bond acceptors (Lipinski definition) is 5. The number of hydrogen-bond donors (Lipinski definition) is 3. The first-order valence-corrected chi connectivity index (χ1v) is 13.7. The third kappa shape index (κ3) is 5.65. The van der Waals surface area contributed by atoms with Crippen molar-refractivity contribution in [1.29, 1.82) is 0 Å². The molecular weight excluding hydrogens is 526 g/mol. The topological polar surface area (TPSA) is 122 Å².